The number of hydrogen-bond acceptors (Lipinski definition) is 11. The van der Waals surface area contributed by atoms with E-state index >= 15 is 0 Å². The first-order valence-corrected chi connectivity index (χ1v) is 18.2. The van der Waals surface area contributed by atoms with Gasteiger partial charge in [0.05, 0.1) is 18.6 Å². The van der Waals surface area contributed by atoms with Crippen molar-refractivity contribution in [2.24, 2.45) is 45.7 Å². The van der Waals surface area contributed by atoms with E-state index < -0.39 is 103 Å². The number of amides is 7. The largest absolute Gasteiger partial charge is 0.480 e. The highest BCUT2D eigenvalue weighted by atomic mass is 16.4. The van der Waals surface area contributed by atoms with Crippen LogP contribution in [0.1, 0.15) is 87.0 Å². The lowest BCUT2D eigenvalue weighted by molar-refractivity contribution is -0.139. The summed E-state index contributed by atoms with van der Waals surface area (Å²) in [6.07, 6.45) is -1.33. The number of carboxylic acids is 1. The van der Waals surface area contributed by atoms with Crippen LogP contribution in [0.5, 0.6) is 0 Å². The predicted molar refractivity (Wildman–Crippen MR) is 202 cm³/mol. The number of primary amides is 1. The summed E-state index contributed by atoms with van der Waals surface area (Å²) in [5.74, 6) is -7.62. The van der Waals surface area contributed by atoms with Crippen LogP contribution >= 0.6 is 0 Å². The molecule has 0 aromatic rings. The summed E-state index contributed by atoms with van der Waals surface area (Å²) in [6, 6.07) is -7.74. The third-order valence-corrected chi connectivity index (χ3v) is 7.83. The summed E-state index contributed by atoms with van der Waals surface area (Å²) in [5, 5.41) is 34.0. The predicted octanol–water partition coefficient (Wildman–Crippen LogP) is -3.61. The molecule has 0 fully saturated rings. The Kier molecular flexibility index (Phi) is 22.8. The second-order valence-electron chi connectivity index (χ2n) is 14.7. The Bertz CT molecular complexity index is 1350. The molecule has 0 radical (unpaired) electrons. The number of rotatable bonds is 26. The molecule has 7 atom stereocenters. The number of aliphatic imine (C=N–C) groups is 1. The molecule has 0 bridgehead atoms. The Morgan fingerprint density at radius 3 is 1.36 bits per heavy atom. The number of aliphatic hydroxyl groups excluding tert-OH is 1. The SMILES string of the molecule is CC(C)C[C@H](NC(=O)[C@H](CC(C)C)NC(=O)[C@H](CCCN=C(N)N)NC(=O)[C@@H](N)CC(N)=O)C(=O)N[C@@H](CC(C)C)C(=O)N[C@H](C(=O)NCC(=O)O)[C@@H](C)O. The van der Waals surface area contributed by atoms with Crippen LogP contribution in [0.3, 0.4) is 0 Å². The fourth-order valence-electron chi connectivity index (χ4n) is 5.22. The lowest BCUT2D eigenvalue weighted by Crippen LogP contribution is -2.61. The lowest BCUT2D eigenvalue weighted by atomic mass is 9.98. The third-order valence-electron chi connectivity index (χ3n) is 7.83. The molecule has 0 aliphatic carbocycles. The van der Waals surface area contributed by atoms with E-state index in [1.54, 1.807) is 41.5 Å². The molecule has 0 aliphatic heterocycles. The number of hydrogen-bond donors (Lipinski definition) is 12. The van der Waals surface area contributed by atoms with Crippen LogP contribution in [0.4, 0.5) is 0 Å². The van der Waals surface area contributed by atoms with Crippen LogP contribution in [0.2, 0.25) is 0 Å². The Balaban J connectivity index is 6.30. The van der Waals surface area contributed by atoms with Gasteiger partial charge >= 0.3 is 5.97 Å². The van der Waals surface area contributed by atoms with E-state index in [4.69, 9.17) is 28.0 Å². The van der Waals surface area contributed by atoms with Gasteiger partial charge in [0.1, 0.15) is 36.8 Å². The summed E-state index contributed by atoms with van der Waals surface area (Å²) in [4.78, 5) is 106. The molecule has 0 spiro atoms. The fourth-order valence-corrected chi connectivity index (χ4v) is 5.22. The summed E-state index contributed by atoms with van der Waals surface area (Å²) >= 11 is 0. The van der Waals surface area contributed by atoms with Gasteiger partial charge in [0.2, 0.25) is 41.4 Å². The van der Waals surface area contributed by atoms with Gasteiger partial charge in [-0.3, -0.25) is 43.3 Å². The smallest absolute Gasteiger partial charge is 0.322 e. The first kappa shape index (κ1) is 49.9. The molecule has 16 N–H and O–H groups in total. The standard InChI is InChI=1S/C34H63N11O10/c1-16(2)11-22(42-29(51)21(9-8-10-39-34(37)38)41-28(50)20(35)14-25(36)47)30(52)43-23(12-17(3)4)31(53)44-24(13-18(5)6)32(54)45-27(19(7)46)33(55)40-15-26(48)49/h16-24,27,46H,8-15,35H2,1-7H3,(H2,36,47)(H,40,55)(H,41,50)(H,42,51)(H,43,52)(H,44,53)(H,45,54)(H,48,49)(H4,37,38,39)/t19-,20+,21+,22+,23+,24+,27+/m1/s1. The van der Waals surface area contributed by atoms with Crippen LogP contribution in [-0.2, 0) is 38.4 Å². The van der Waals surface area contributed by atoms with Crippen molar-refractivity contribution in [3.63, 3.8) is 0 Å². The number of nitrogens with zero attached hydrogens (tertiary/aromatic N) is 1. The summed E-state index contributed by atoms with van der Waals surface area (Å²) in [7, 11) is 0. The van der Waals surface area contributed by atoms with Gasteiger partial charge in [-0.2, -0.15) is 0 Å². The minimum atomic E-state index is -1.54. The maximum atomic E-state index is 13.8. The fraction of sp³-hybridized carbons (Fsp3) is 0.735. The van der Waals surface area contributed by atoms with Crippen LogP contribution in [0, 0.1) is 17.8 Å². The van der Waals surface area contributed by atoms with E-state index in [1.165, 1.54) is 6.92 Å². The van der Waals surface area contributed by atoms with Crippen LogP contribution in [-0.4, -0.2) is 119 Å². The number of aliphatic hydroxyl groups is 1. The Labute approximate surface area is 321 Å². The molecular weight excluding hydrogens is 722 g/mol. The summed E-state index contributed by atoms with van der Waals surface area (Å²) in [5.41, 5.74) is 21.7. The number of carbonyl (C=O) groups is 8. The van der Waals surface area contributed by atoms with Crippen molar-refractivity contribution in [2.45, 2.75) is 129 Å². The molecule has 0 aromatic carbocycles. The monoisotopic (exact) mass is 785 g/mol. The first-order valence-electron chi connectivity index (χ1n) is 18.2. The second kappa shape index (κ2) is 25.1. The molecule has 0 heterocycles. The van der Waals surface area contributed by atoms with Crippen molar-refractivity contribution in [1.29, 1.82) is 0 Å². The van der Waals surface area contributed by atoms with E-state index in [-0.39, 0.29) is 62.4 Å². The van der Waals surface area contributed by atoms with Crippen LogP contribution < -0.4 is 54.8 Å². The maximum Gasteiger partial charge on any atom is 0.322 e. The molecule has 21 heteroatoms. The van der Waals surface area contributed by atoms with Crippen molar-refractivity contribution in [2.75, 3.05) is 13.1 Å². The minimum absolute atomic E-state index is 0.0164. The van der Waals surface area contributed by atoms with Crippen molar-refractivity contribution in [3.05, 3.63) is 0 Å². The van der Waals surface area contributed by atoms with Crippen molar-refractivity contribution >= 4 is 53.3 Å². The molecular formula is C34H63N11O10. The first-order chi connectivity index (χ1) is 25.4. The van der Waals surface area contributed by atoms with Crippen molar-refractivity contribution in [3.8, 4) is 0 Å². The molecule has 314 valence electrons. The maximum absolute atomic E-state index is 13.8. The third kappa shape index (κ3) is 21.4. The molecule has 0 rings (SSSR count). The topological polar surface area (TPSA) is 366 Å². The lowest BCUT2D eigenvalue weighted by Gasteiger charge is -2.29. The summed E-state index contributed by atoms with van der Waals surface area (Å²) in [6.45, 7) is 11.4. The van der Waals surface area contributed by atoms with E-state index in [0.29, 0.717) is 0 Å². The van der Waals surface area contributed by atoms with Gasteiger partial charge in [0.15, 0.2) is 5.96 Å². The van der Waals surface area contributed by atoms with Gasteiger partial charge in [0, 0.05) is 6.54 Å². The molecule has 0 aromatic heterocycles. The van der Waals surface area contributed by atoms with Gasteiger partial charge < -0.3 is 65.0 Å². The zero-order chi connectivity index (χ0) is 42.6. The second-order valence-corrected chi connectivity index (χ2v) is 14.7. The molecule has 0 unspecified atom stereocenters. The Hall–Kier alpha value is -5.05. The highest BCUT2D eigenvalue weighted by Gasteiger charge is 2.34. The molecule has 0 aliphatic rings. The van der Waals surface area contributed by atoms with Crippen LogP contribution in [0.25, 0.3) is 0 Å². The van der Waals surface area contributed by atoms with Crippen LogP contribution in [0.15, 0.2) is 4.99 Å². The number of nitrogens with one attached hydrogen (secondary N) is 6. The van der Waals surface area contributed by atoms with Crippen molar-refractivity contribution < 1.29 is 48.6 Å². The van der Waals surface area contributed by atoms with Gasteiger partial charge in [-0.1, -0.05) is 41.5 Å². The Morgan fingerprint density at radius 2 is 1.00 bits per heavy atom. The molecule has 0 saturated heterocycles. The number of carbonyl (C=O) groups excluding carboxylic acids is 7. The van der Waals surface area contributed by atoms with Crippen molar-refractivity contribution in [1.82, 2.24) is 31.9 Å². The highest BCUT2D eigenvalue weighted by Crippen LogP contribution is 2.12. The zero-order valence-corrected chi connectivity index (χ0v) is 32.8. The Morgan fingerprint density at radius 1 is 0.600 bits per heavy atom. The minimum Gasteiger partial charge on any atom is -0.480 e. The molecule has 7 amide bonds. The number of guanidine groups is 1. The molecule has 21 nitrogen and oxygen atoms in total. The van der Waals surface area contributed by atoms with E-state index in [1.807, 2.05) is 0 Å². The van der Waals surface area contributed by atoms with E-state index in [0.717, 1.165) is 0 Å². The highest BCUT2D eigenvalue weighted by molar-refractivity contribution is 5.97. The average Bonchev–Trinajstić information content (AvgIpc) is 3.04. The summed E-state index contributed by atoms with van der Waals surface area (Å²) < 4.78 is 0. The zero-order valence-electron chi connectivity index (χ0n) is 32.8. The quantitative estimate of drug-likeness (QED) is 0.0229. The number of nitrogens with two attached hydrogens (primary N) is 4. The average molecular weight is 786 g/mol. The van der Waals surface area contributed by atoms with Gasteiger partial charge in [-0.05, 0) is 56.8 Å². The molecule has 0 saturated carbocycles. The van der Waals surface area contributed by atoms with Gasteiger partial charge in [-0.25, -0.2) is 0 Å². The normalized spacial score (nSPS) is 15.0. The number of carboxylic acid groups (broad SMARTS) is 1. The molecule has 55 heavy (non-hydrogen) atoms. The van der Waals surface area contributed by atoms with E-state index in [2.05, 4.69) is 36.9 Å². The van der Waals surface area contributed by atoms with Gasteiger partial charge in [-0.15, -0.1) is 0 Å². The number of aliphatic carboxylic acids is 1. The van der Waals surface area contributed by atoms with E-state index in [9.17, 15) is 43.5 Å². The van der Waals surface area contributed by atoms with Gasteiger partial charge in [0.25, 0.3) is 0 Å².